The van der Waals surface area contributed by atoms with Crippen molar-refractivity contribution in [3.63, 3.8) is 0 Å². The SMILES string of the molecule is CCOc1c[c]cc(OC(F)(F)F)c1. The Morgan fingerprint density at radius 2 is 1.93 bits per heavy atom. The van der Waals surface area contributed by atoms with Crippen molar-refractivity contribution < 1.29 is 22.6 Å². The molecule has 1 aromatic rings. The zero-order chi connectivity index (χ0) is 10.6. The van der Waals surface area contributed by atoms with Crippen LogP contribution in [-0.2, 0) is 0 Å². The molecule has 0 aliphatic heterocycles. The van der Waals surface area contributed by atoms with Crippen molar-refractivity contribution in [3.8, 4) is 11.5 Å². The molecule has 0 N–H and O–H groups in total. The van der Waals surface area contributed by atoms with Crippen LogP contribution in [0.15, 0.2) is 18.2 Å². The highest BCUT2D eigenvalue weighted by molar-refractivity contribution is 5.32. The fourth-order valence-electron chi connectivity index (χ4n) is 0.872. The highest BCUT2D eigenvalue weighted by atomic mass is 19.4. The molecule has 0 aromatic heterocycles. The summed E-state index contributed by atoms with van der Waals surface area (Å²) in [6.45, 7) is 2.11. The lowest BCUT2D eigenvalue weighted by molar-refractivity contribution is -0.274. The molecule has 0 amide bonds. The van der Waals surface area contributed by atoms with E-state index >= 15 is 0 Å². The Morgan fingerprint density at radius 3 is 2.50 bits per heavy atom. The maximum atomic E-state index is 11.8. The molecule has 0 saturated heterocycles. The zero-order valence-corrected chi connectivity index (χ0v) is 7.39. The number of rotatable bonds is 3. The topological polar surface area (TPSA) is 18.5 Å². The molecule has 0 aliphatic carbocycles. The summed E-state index contributed by atoms with van der Waals surface area (Å²) >= 11 is 0. The van der Waals surface area contributed by atoms with Crippen molar-refractivity contribution in [1.29, 1.82) is 0 Å². The van der Waals surface area contributed by atoms with E-state index in [4.69, 9.17) is 4.74 Å². The highest BCUT2D eigenvalue weighted by Gasteiger charge is 2.31. The fourth-order valence-corrected chi connectivity index (χ4v) is 0.872. The van der Waals surface area contributed by atoms with Crippen LogP contribution in [0.1, 0.15) is 6.92 Å². The first kappa shape index (κ1) is 10.7. The van der Waals surface area contributed by atoms with Crippen molar-refractivity contribution in [2.75, 3.05) is 6.61 Å². The summed E-state index contributed by atoms with van der Waals surface area (Å²) in [6, 6.07) is 6.18. The Labute approximate surface area is 79.2 Å². The normalized spacial score (nSPS) is 11.1. The van der Waals surface area contributed by atoms with Crippen LogP contribution in [-0.4, -0.2) is 13.0 Å². The molecule has 0 saturated carbocycles. The third kappa shape index (κ3) is 3.55. The van der Waals surface area contributed by atoms with E-state index in [1.165, 1.54) is 6.07 Å². The van der Waals surface area contributed by atoms with E-state index in [0.29, 0.717) is 12.4 Å². The number of benzene rings is 1. The Hall–Kier alpha value is -1.39. The zero-order valence-electron chi connectivity index (χ0n) is 7.39. The minimum absolute atomic E-state index is 0.300. The fraction of sp³-hybridized carbons (Fsp3) is 0.333. The molecule has 1 aromatic carbocycles. The lowest BCUT2D eigenvalue weighted by Gasteiger charge is -2.09. The van der Waals surface area contributed by atoms with Gasteiger partial charge in [-0.15, -0.1) is 13.2 Å². The van der Waals surface area contributed by atoms with Crippen molar-refractivity contribution in [1.82, 2.24) is 0 Å². The summed E-state index contributed by atoms with van der Waals surface area (Å²) < 4.78 is 44.0. The van der Waals surface area contributed by atoms with E-state index in [-0.39, 0.29) is 5.75 Å². The molecule has 0 unspecified atom stereocenters. The molecule has 0 bridgehead atoms. The average molecular weight is 205 g/mol. The lowest BCUT2D eigenvalue weighted by atomic mass is 10.3. The standard InChI is InChI=1S/C9H8F3O2/c1-2-13-7-4-3-5-8(6-7)14-9(10,11)12/h4-6H,2H2,1H3. The van der Waals surface area contributed by atoms with Crippen molar-refractivity contribution in [3.05, 3.63) is 24.3 Å². The van der Waals surface area contributed by atoms with Crippen LogP contribution >= 0.6 is 0 Å². The van der Waals surface area contributed by atoms with Gasteiger partial charge in [-0.1, -0.05) is 0 Å². The minimum atomic E-state index is -4.68. The van der Waals surface area contributed by atoms with Gasteiger partial charge in [0.15, 0.2) is 0 Å². The monoisotopic (exact) mass is 205 g/mol. The summed E-state index contributed by atoms with van der Waals surface area (Å²) in [5.74, 6) is -0.0299. The van der Waals surface area contributed by atoms with E-state index in [1.54, 1.807) is 6.92 Å². The predicted molar refractivity (Wildman–Crippen MR) is 43.1 cm³/mol. The molecule has 0 heterocycles. The van der Waals surface area contributed by atoms with Gasteiger partial charge in [-0.2, -0.15) is 0 Å². The molecule has 77 valence electrons. The summed E-state index contributed by atoms with van der Waals surface area (Å²) in [6.07, 6.45) is -4.68. The smallest absolute Gasteiger partial charge is 0.494 e. The largest absolute Gasteiger partial charge is 0.573 e. The van der Waals surface area contributed by atoms with Gasteiger partial charge in [0, 0.05) is 6.07 Å². The van der Waals surface area contributed by atoms with Crippen LogP contribution in [0, 0.1) is 6.07 Å². The van der Waals surface area contributed by atoms with Crippen LogP contribution in [0.5, 0.6) is 11.5 Å². The molecular weight excluding hydrogens is 197 g/mol. The van der Waals surface area contributed by atoms with Gasteiger partial charge in [-0.3, -0.25) is 0 Å². The van der Waals surface area contributed by atoms with Crippen LogP contribution in [0.3, 0.4) is 0 Å². The maximum Gasteiger partial charge on any atom is 0.573 e. The van der Waals surface area contributed by atoms with E-state index in [2.05, 4.69) is 10.8 Å². The maximum absolute atomic E-state index is 11.8. The molecule has 14 heavy (non-hydrogen) atoms. The molecule has 0 aliphatic rings. The molecule has 0 fully saturated rings. The minimum Gasteiger partial charge on any atom is -0.494 e. The van der Waals surface area contributed by atoms with Gasteiger partial charge in [0.25, 0.3) is 0 Å². The quantitative estimate of drug-likeness (QED) is 0.755. The molecule has 1 radical (unpaired) electrons. The molecule has 1 rings (SSSR count). The van der Waals surface area contributed by atoms with Gasteiger partial charge in [-0.05, 0) is 25.1 Å². The van der Waals surface area contributed by atoms with Gasteiger partial charge in [-0.25, -0.2) is 0 Å². The Kier molecular flexibility index (Phi) is 3.22. The molecule has 0 atom stereocenters. The first-order valence-electron chi connectivity index (χ1n) is 3.91. The van der Waals surface area contributed by atoms with E-state index in [1.807, 2.05) is 0 Å². The molecular formula is C9H8F3O2. The van der Waals surface area contributed by atoms with E-state index < -0.39 is 6.36 Å². The van der Waals surface area contributed by atoms with Crippen molar-refractivity contribution >= 4 is 0 Å². The number of alkyl halides is 3. The van der Waals surface area contributed by atoms with Gasteiger partial charge in [0.05, 0.1) is 6.61 Å². The number of hydrogen-bond acceptors (Lipinski definition) is 2. The number of ether oxygens (including phenoxy) is 2. The molecule has 2 nitrogen and oxygen atoms in total. The van der Waals surface area contributed by atoms with Crippen molar-refractivity contribution in [2.45, 2.75) is 13.3 Å². The molecule has 5 heteroatoms. The molecule has 0 spiro atoms. The third-order valence-electron chi connectivity index (χ3n) is 1.28. The first-order chi connectivity index (χ1) is 6.51. The van der Waals surface area contributed by atoms with Gasteiger partial charge in [0.2, 0.25) is 0 Å². The van der Waals surface area contributed by atoms with Gasteiger partial charge >= 0.3 is 6.36 Å². The Morgan fingerprint density at radius 1 is 1.29 bits per heavy atom. The Bertz CT molecular complexity index is 296. The summed E-state index contributed by atoms with van der Waals surface area (Å²) in [4.78, 5) is 0. The van der Waals surface area contributed by atoms with E-state index in [0.717, 1.165) is 12.1 Å². The number of halogens is 3. The van der Waals surface area contributed by atoms with Crippen LogP contribution < -0.4 is 9.47 Å². The summed E-state index contributed by atoms with van der Waals surface area (Å²) in [5.41, 5.74) is 0. The van der Waals surface area contributed by atoms with Crippen LogP contribution in [0.25, 0.3) is 0 Å². The predicted octanol–water partition coefficient (Wildman–Crippen LogP) is 2.78. The van der Waals surface area contributed by atoms with E-state index in [9.17, 15) is 13.2 Å². The summed E-state index contributed by atoms with van der Waals surface area (Å²) in [7, 11) is 0. The first-order valence-corrected chi connectivity index (χ1v) is 3.91. The second-order valence-corrected chi connectivity index (χ2v) is 2.39. The van der Waals surface area contributed by atoms with Gasteiger partial charge < -0.3 is 9.47 Å². The number of hydrogen-bond donors (Lipinski definition) is 0. The highest BCUT2D eigenvalue weighted by Crippen LogP contribution is 2.25. The lowest BCUT2D eigenvalue weighted by Crippen LogP contribution is -2.17. The summed E-state index contributed by atoms with van der Waals surface area (Å²) in [5, 5.41) is 0. The Balaban J connectivity index is 2.73. The second kappa shape index (κ2) is 4.21. The van der Waals surface area contributed by atoms with Crippen LogP contribution in [0.2, 0.25) is 0 Å². The van der Waals surface area contributed by atoms with Gasteiger partial charge in [0.1, 0.15) is 11.5 Å². The van der Waals surface area contributed by atoms with Crippen LogP contribution in [0.4, 0.5) is 13.2 Å². The third-order valence-corrected chi connectivity index (χ3v) is 1.28. The second-order valence-electron chi connectivity index (χ2n) is 2.39. The average Bonchev–Trinajstić information content (AvgIpc) is 2.02. The van der Waals surface area contributed by atoms with Crippen molar-refractivity contribution in [2.24, 2.45) is 0 Å².